The molecule has 2 aliphatic heterocycles. The van der Waals surface area contributed by atoms with Gasteiger partial charge in [0.1, 0.15) is 6.04 Å². The quantitative estimate of drug-likeness (QED) is 0.150. The number of benzene rings is 3. The van der Waals surface area contributed by atoms with Crippen LogP contribution in [0, 0.1) is 0 Å². The minimum Gasteiger partial charge on any atom is -0.490 e. The lowest BCUT2D eigenvalue weighted by Gasteiger charge is -2.29. The number of likely N-dealkylation sites (tertiary alicyclic amines) is 1. The fraction of sp³-hybridized carbons (Fsp3) is 0.314. The van der Waals surface area contributed by atoms with Gasteiger partial charge in [-0.2, -0.15) is 4.98 Å². The fourth-order valence-corrected chi connectivity index (χ4v) is 7.48. The number of ether oxygens (including phenoxy) is 2. The van der Waals surface area contributed by atoms with E-state index in [4.69, 9.17) is 31.2 Å². The van der Waals surface area contributed by atoms with Gasteiger partial charge in [-0.3, -0.25) is 9.59 Å². The first kappa shape index (κ1) is 33.9. The van der Waals surface area contributed by atoms with Crippen LogP contribution < -0.4 is 20.1 Å². The molecule has 0 saturated carbocycles. The number of carbonyl (C=O) groups excluding carboxylic acids is 2. The second-order valence-corrected chi connectivity index (χ2v) is 13.6. The van der Waals surface area contributed by atoms with Crippen LogP contribution in [-0.4, -0.2) is 57.8 Å². The van der Waals surface area contributed by atoms with Gasteiger partial charge < -0.3 is 25.0 Å². The second kappa shape index (κ2) is 15.5. The maximum absolute atomic E-state index is 14.0. The van der Waals surface area contributed by atoms with Crippen LogP contribution >= 0.6 is 39.3 Å². The number of carbonyl (C=O) groups is 2. The number of anilines is 2. The smallest absolute Gasteiger partial charge is 0.260 e. The van der Waals surface area contributed by atoms with Crippen LogP contribution in [0.4, 0.5) is 11.6 Å². The molecule has 1 fully saturated rings. The standard InChI is InChI=1S/C35H36BrClN6O4S/c1-3-46-28-19-24(18-26(36)32(28)47-20-29(44)42-16-10-5-11-17-42)31-30(33(45)39-25-13-6-4-7-14-25)22(2)38-34-40-35(41-43(31)34)48-21-23-12-8-9-15-27(23)37/h4,6-9,12-15,18-19,31H,3,5,10-11,16-17,20-21H2,1-2H3,(H,39,45)(H,38,40,41). The number of amides is 2. The average Bonchev–Trinajstić information content (AvgIpc) is 3.50. The molecule has 48 heavy (non-hydrogen) atoms. The molecule has 0 bridgehead atoms. The number of fused-ring (bicyclic) bond motifs is 1. The maximum atomic E-state index is 14.0. The lowest BCUT2D eigenvalue weighted by molar-refractivity contribution is -0.134. The summed E-state index contributed by atoms with van der Waals surface area (Å²) in [4.78, 5) is 33.6. The van der Waals surface area contributed by atoms with Gasteiger partial charge in [0.05, 0.1) is 16.7 Å². The molecule has 2 amide bonds. The average molecular weight is 752 g/mol. The van der Waals surface area contributed by atoms with E-state index in [9.17, 15) is 9.59 Å². The van der Waals surface area contributed by atoms with Crippen LogP contribution in [0.1, 0.15) is 50.3 Å². The van der Waals surface area contributed by atoms with Crippen molar-refractivity contribution in [2.75, 3.05) is 36.9 Å². The summed E-state index contributed by atoms with van der Waals surface area (Å²) in [5.41, 5.74) is 3.45. The molecule has 13 heteroatoms. The first-order valence-corrected chi connectivity index (χ1v) is 18.0. The van der Waals surface area contributed by atoms with E-state index in [0.717, 1.165) is 37.9 Å². The Morgan fingerprint density at radius 2 is 1.81 bits per heavy atom. The van der Waals surface area contributed by atoms with Crippen molar-refractivity contribution in [3.8, 4) is 11.5 Å². The van der Waals surface area contributed by atoms with Crippen LogP contribution in [0.15, 0.2) is 87.6 Å². The third kappa shape index (κ3) is 7.66. The number of hydrogen-bond donors (Lipinski definition) is 2. The normalized spacial score (nSPS) is 15.8. The van der Waals surface area contributed by atoms with E-state index >= 15 is 0 Å². The molecule has 6 rings (SSSR count). The van der Waals surface area contributed by atoms with Gasteiger partial charge in [0.25, 0.3) is 11.8 Å². The third-order valence-electron chi connectivity index (χ3n) is 8.12. The van der Waals surface area contributed by atoms with Crippen molar-refractivity contribution in [3.05, 3.63) is 98.6 Å². The van der Waals surface area contributed by atoms with E-state index < -0.39 is 6.04 Å². The third-order valence-corrected chi connectivity index (χ3v) is 9.96. The summed E-state index contributed by atoms with van der Waals surface area (Å²) in [5.74, 6) is 1.59. The van der Waals surface area contributed by atoms with E-state index in [1.54, 1.807) is 4.68 Å². The summed E-state index contributed by atoms with van der Waals surface area (Å²) >= 11 is 11.5. The molecule has 1 aromatic heterocycles. The molecule has 2 aliphatic rings. The highest BCUT2D eigenvalue weighted by Gasteiger charge is 2.36. The predicted octanol–water partition coefficient (Wildman–Crippen LogP) is 7.70. The molecule has 0 spiro atoms. The number of allylic oxidation sites excluding steroid dienone is 1. The molecule has 3 aromatic carbocycles. The first-order chi connectivity index (χ1) is 23.3. The molecule has 250 valence electrons. The zero-order chi connectivity index (χ0) is 33.6. The van der Waals surface area contributed by atoms with Crippen molar-refractivity contribution in [2.45, 2.75) is 50.1 Å². The Hall–Kier alpha value is -4.00. The van der Waals surface area contributed by atoms with Gasteiger partial charge >= 0.3 is 0 Å². The Balaban J connectivity index is 1.35. The molecule has 3 heterocycles. The monoisotopic (exact) mass is 750 g/mol. The summed E-state index contributed by atoms with van der Waals surface area (Å²) in [6, 6.07) is 20.0. The second-order valence-electron chi connectivity index (χ2n) is 11.4. The summed E-state index contributed by atoms with van der Waals surface area (Å²) in [6.45, 7) is 5.49. The van der Waals surface area contributed by atoms with Crippen LogP contribution in [-0.2, 0) is 15.3 Å². The van der Waals surface area contributed by atoms with Gasteiger partial charge in [-0.15, -0.1) is 5.10 Å². The Bertz CT molecular complexity index is 1830. The fourth-order valence-electron chi connectivity index (χ4n) is 5.79. The molecule has 4 aromatic rings. The van der Waals surface area contributed by atoms with Gasteiger partial charge in [0.2, 0.25) is 11.1 Å². The van der Waals surface area contributed by atoms with Crippen molar-refractivity contribution in [2.24, 2.45) is 0 Å². The highest BCUT2D eigenvalue weighted by molar-refractivity contribution is 9.10. The number of hydrogen-bond acceptors (Lipinski definition) is 8. The maximum Gasteiger partial charge on any atom is 0.260 e. The lowest BCUT2D eigenvalue weighted by atomic mass is 9.94. The zero-order valence-electron chi connectivity index (χ0n) is 26.7. The molecule has 10 nitrogen and oxygen atoms in total. The topological polar surface area (TPSA) is 111 Å². The summed E-state index contributed by atoms with van der Waals surface area (Å²) in [6.07, 6.45) is 3.14. The molecule has 1 unspecified atom stereocenters. The van der Waals surface area contributed by atoms with E-state index in [1.807, 2.05) is 85.5 Å². The Labute approximate surface area is 297 Å². The molecule has 1 saturated heterocycles. The van der Waals surface area contributed by atoms with Gasteiger partial charge in [0, 0.05) is 35.2 Å². The van der Waals surface area contributed by atoms with Gasteiger partial charge in [-0.25, -0.2) is 4.68 Å². The van der Waals surface area contributed by atoms with Gasteiger partial charge in [0.15, 0.2) is 18.1 Å². The van der Waals surface area contributed by atoms with Gasteiger partial charge in [-0.1, -0.05) is 59.8 Å². The van der Waals surface area contributed by atoms with Crippen LogP contribution in [0.2, 0.25) is 5.02 Å². The number of halogens is 2. The number of nitrogens with one attached hydrogen (secondary N) is 2. The molecule has 1 atom stereocenters. The Morgan fingerprint density at radius 3 is 2.56 bits per heavy atom. The molecule has 0 radical (unpaired) electrons. The first-order valence-electron chi connectivity index (χ1n) is 15.9. The molecule has 2 N–H and O–H groups in total. The molecular weight excluding hydrogens is 716 g/mol. The number of rotatable bonds is 11. The van der Waals surface area contributed by atoms with Crippen molar-refractivity contribution < 1.29 is 19.1 Å². The van der Waals surface area contributed by atoms with Crippen molar-refractivity contribution in [1.82, 2.24) is 19.7 Å². The van der Waals surface area contributed by atoms with Crippen LogP contribution in [0.25, 0.3) is 0 Å². The van der Waals surface area contributed by atoms with E-state index in [0.29, 0.717) is 67.0 Å². The summed E-state index contributed by atoms with van der Waals surface area (Å²) < 4.78 is 14.5. The van der Waals surface area contributed by atoms with Gasteiger partial charge in [-0.05, 0) is 90.5 Å². The Morgan fingerprint density at radius 1 is 1.06 bits per heavy atom. The van der Waals surface area contributed by atoms with E-state index in [2.05, 4.69) is 26.6 Å². The van der Waals surface area contributed by atoms with Crippen molar-refractivity contribution >= 4 is 62.7 Å². The number of nitrogens with zero attached hydrogens (tertiary/aromatic N) is 4. The van der Waals surface area contributed by atoms with Crippen LogP contribution in [0.3, 0.4) is 0 Å². The van der Waals surface area contributed by atoms with Crippen molar-refractivity contribution in [3.63, 3.8) is 0 Å². The minimum absolute atomic E-state index is 0.0565. The van der Waals surface area contributed by atoms with Crippen LogP contribution in [0.5, 0.6) is 11.5 Å². The van der Waals surface area contributed by atoms with E-state index in [1.165, 1.54) is 11.8 Å². The molecular formula is C35H36BrClN6O4S. The number of piperidine rings is 1. The predicted molar refractivity (Wildman–Crippen MR) is 192 cm³/mol. The Kier molecular flexibility index (Phi) is 10.9. The highest BCUT2D eigenvalue weighted by Crippen LogP contribution is 2.43. The van der Waals surface area contributed by atoms with Crippen molar-refractivity contribution in [1.29, 1.82) is 0 Å². The minimum atomic E-state index is -0.674. The number of aromatic nitrogens is 3. The largest absolute Gasteiger partial charge is 0.490 e. The number of thioether (sulfide) groups is 1. The van der Waals surface area contributed by atoms with E-state index in [-0.39, 0.29) is 18.4 Å². The SMILES string of the molecule is CCOc1cc(C2C(C(=O)Nc3ccccc3)=C(C)Nc3nc(SCc4ccccc4Cl)nn32)cc(Br)c1OCC(=O)N1CCCCC1. The summed E-state index contributed by atoms with van der Waals surface area (Å²) in [5, 5.41) is 12.4. The molecule has 0 aliphatic carbocycles. The summed E-state index contributed by atoms with van der Waals surface area (Å²) in [7, 11) is 0. The highest BCUT2D eigenvalue weighted by atomic mass is 79.9. The number of para-hydroxylation sites is 1. The zero-order valence-corrected chi connectivity index (χ0v) is 29.8. The lowest BCUT2D eigenvalue weighted by Crippen LogP contribution is -2.38.